The number of pyridine rings is 2. The van der Waals surface area contributed by atoms with Gasteiger partial charge in [-0.2, -0.15) is 0 Å². The highest BCUT2D eigenvalue weighted by Gasteiger charge is 2.37. The molecule has 0 bridgehead atoms. The topological polar surface area (TPSA) is 150 Å². The number of rotatable bonds is 10. The first-order chi connectivity index (χ1) is 21.6. The normalized spacial score (nSPS) is 17.9. The summed E-state index contributed by atoms with van der Waals surface area (Å²) in [5.41, 5.74) is 3.29. The van der Waals surface area contributed by atoms with Crippen LogP contribution in [0.15, 0.2) is 78.1 Å². The van der Waals surface area contributed by atoms with Crippen LogP contribution in [-0.4, -0.2) is 41.9 Å². The fourth-order valence-electron chi connectivity index (χ4n) is 5.66. The summed E-state index contributed by atoms with van der Waals surface area (Å²) in [6, 6.07) is 12.2. The number of aromatic hydroxyl groups is 1. The van der Waals surface area contributed by atoms with E-state index in [0.29, 0.717) is 34.2 Å². The minimum absolute atomic E-state index is 0.102. The lowest BCUT2D eigenvalue weighted by atomic mass is 9.98. The number of hydrogen-bond donors (Lipinski definition) is 4. The van der Waals surface area contributed by atoms with E-state index >= 15 is 0 Å². The molecule has 11 heteroatoms. The molecule has 2 atom stereocenters. The zero-order chi connectivity index (χ0) is 31.7. The van der Waals surface area contributed by atoms with Crippen molar-refractivity contribution in [2.75, 3.05) is 6.54 Å². The first-order valence-electron chi connectivity index (χ1n) is 15.0. The fourth-order valence-corrected chi connectivity index (χ4v) is 7.11. The number of hydrogen-bond acceptors (Lipinski definition) is 7. The van der Waals surface area contributed by atoms with E-state index < -0.39 is 22.1 Å². The molecule has 1 fully saturated rings. The van der Waals surface area contributed by atoms with Crippen LogP contribution in [0.5, 0.6) is 5.75 Å². The molecule has 2 aromatic heterocycles. The highest BCUT2D eigenvalue weighted by molar-refractivity contribution is 7.89. The number of amides is 2. The van der Waals surface area contributed by atoms with Crippen LogP contribution in [0.2, 0.25) is 0 Å². The van der Waals surface area contributed by atoms with Crippen molar-refractivity contribution >= 4 is 38.7 Å². The van der Waals surface area contributed by atoms with Crippen molar-refractivity contribution in [1.29, 1.82) is 0 Å². The number of fused-ring (bicyclic) bond motifs is 3. The lowest BCUT2D eigenvalue weighted by Crippen LogP contribution is -2.29. The molecule has 2 unspecified atom stereocenters. The Bertz CT molecular complexity index is 1890. The minimum Gasteiger partial charge on any atom is -0.508 e. The van der Waals surface area contributed by atoms with Crippen molar-refractivity contribution in [3.05, 3.63) is 101 Å². The molecule has 0 radical (unpaired) electrons. The van der Waals surface area contributed by atoms with Gasteiger partial charge in [0, 0.05) is 53.6 Å². The molecular formula is C34H35N5O5S. The Morgan fingerprint density at radius 2 is 1.80 bits per heavy atom. The summed E-state index contributed by atoms with van der Waals surface area (Å²) in [6.45, 7) is 4.15. The van der Waals surface area contributed by atoms with Crippen molar-refractivity contribution < 1.29 is 23.1 Å². The molecule has 4 aromatic rings. The van der Waals surface area contributed by atoms with Gasteiger partial charge in [0.1, 0.15) is 5.75 Å². The van der Waals surface area contributed by atoms with Gasteiger partial charge in [0.15, 0.2) is 0 Å². The number of nitrogens with zero attached hydrogens (tertiary/aromatic N) is 2. The highest BCUT2D eigenvalue weighted by atomic mass is 32.2. The van der Waals surface area contributed by atoms with Crippen LogP contribution in [0, 0.1) is 5.92 Å². The summed E-state index contributed by atoms with van der Waals surface area (Å²) in [4.78, 5) is 35.3. The van der Waals surface area contributed by atoms with E-state index in [0.717, 1.165) is 29.7 Å². The molecule has 2 amide bonds. The Kier molecular flexibility index (Phi) is 8.39. The third-order valence-corrected chi connectivity index (χ3v) is 9.57. The summed E-state index contributed by atoms with van der Waals surface area (Å²) in [7, 11) is -3.93. The zero-order valence-electron chi connectivity index (χ0n) is 25.0. The van der Waals surface area contributed by atoms with Gasteiger partial charge in [0.2, 0.25) is 15.9 Å². The molecule has 10 nitrogen and oxygen atoms in total. The molecule has 4 N–H and O–H groups in total. The van der Waals surface area contributed by atoms with E-state index in [4.69, 9.17) is 4.98 Å². The van der Waals surface area contributed by atoms with Gasteiger partial charge >= 0.3 is 0 Å². The highest BCUT2D eigenvalue weighted by Crippen LogP contribution is 2.47. The Labute approximate surface area is 262 Å². The molecular weight excluding hydrogens is 590 g/mol. The second-order valence-corrected chi connectivity index (χ2v) is 13.8. The number of phenols is 1. The molecule has 2 aromatic carbocycles. The van der Waals surface area contributed by atoms with E-state index in [1.54, 1.807) is 48.8 Å². The average Bonchev–Trinajstić information content (AvgIpc) is 3.83. The fraction of sp³-hybridized carbons (Fsp3) is 0.294. The van der Waals surface area contributed by atoms with Crippen molar-refractivity contribution in [3.8, 4) is 5.75 Å². The second kappa shape index (κ2) is 12.4. The van der Waals surface area contributed by atoms with Crippen LogP contribution in [0.3, 0.4) is 0 Å². The van der Waals surface area contributed by atoms with Gasteiger partial charge in [-0.1, -0.05) is 26.0 Å². The number of carbonyl (C=O) groups excluding carboxylic acids is 2. The lowest BCUT2D eigenvalue weighted by molar-refractivity contribution is -0.117. The van der Waals surface area contributed by atoms with Crippen LogP contribution in [0.25, 0.3) is 16.8 Å². The molecule has 2 aliphatic rings. The van der Waals surface area contributed by atoms with Gasteiger partial charge in [0.25, 0.3) is 5.91 Å². The first kappa shape index (κ1) is 30.4. The van der Waals surface area contributed by atoms with Crippen molar-refractivity contribution in [1.82, 2.24) is 25.3 Å². The SMILES string of the molecule is CC(C)CNS(=O)(=O)c1cc2c(c3cnc(C4CC4)cc13)C(NC(=O)/C=C/c1ccc(O)cc1)CC2NC(=O)c1cccnc1. The van der Waals surface area contributed by atoms with Crippen LogP contribution < -0.4 is 15.4 Å². The molecule has 2 aliphatic carbocycles. The van der Waals surface area contributed by atoms with Gasteiger partial charge in [-0.3, -0.25) is 19.6 Å². The smallest absolute Gasteiger partial charge is 0.253 e. The Morgan fingerprint density at radius 1 is 1.02 bits per heavy atom. The number of phenolic OH excluding ortho intramolecular Hbond substituents is 1. The van der Waals surface area contributed by atoms with Gasteiger partial charge in [-0.05, 0) is 84.3 Å². The largest absolute Gasteiger partial charge is 0.508 e. The maximum atomic E-state index is 13.8. The van der Waals surface area contributed by atoms with Gasteiger partial charge in [-0.15, -0.1) is 0 Å². The quantitative estimate of drug-likeness (QED) is 0.183. The Balaban J connectivity index is 1.43. The van der Waals surface area contributed by atoms with E-state index in [2.05, 4.69) is 20.3 Å². The third-order valence-electron chi connectivity index (χ3n) is 8.11. The summed E-state index contributed by atoms with van der Waals surface area (Å²) in [5, 5.41) is 16.8. The second-order valence-electron chi connectivity index (χ2n) is 12.0. The van der Waals surface area contributed by atoms with E-state index in [9.17, 15) is 23.1 Å². The maximum absolute atomic E-state index is 13.8. The van der Waals surface area contributed by atoms with Crippen LogP contribution >= 0.6 is 0 Å². The monoisotopic (exact) mass is 625 g/mol. The van der Waals surface area contributed by atoms with Crippen LogP contribution in [0.4, 0.5) is 0 Å². The van der Waals surface area contributed by atoms with Crippen molar-refractivity contribution in [3.63, 3.8) is 0 Å². The summed E-state index contributed by atoms with van der Waals surface area (Å²) < 4.78 is 30.3. The lowest BCUT2D eigenvalue weighted by Gasteiger charge is -2.19. The predicted molar refractivity (Wildman–Crippen MR) is 171 cm³/mol. The van der Waals surface area contributed by atoms with E-state index in [1.165, 1.54) is 24.4 Å². The Hall–Kier alpha value is -4.61. The molecule has 45 heavy (non-hydrogen) atoms. The molecule has 0 spiro atoms. The Morgan fingerprint density at radius 3 is 2.49 bits per heavy atom. The maximum Gasteiger partial charge on any atom is 0.253 e. The first-order valence-corrected chi connectivity index (χ1v) is 16.5. The number of carbonyl (C=O) groups is 2. The molecule has 232 valence electrons. The molecule has 1 saturated carbocycles. The third kappa shape index (κ3) is 6.74. The minimum atomic E-state index is -3.93. The molecule has 6 rings (SSSR count). The summed E-state index contributed by atoms with van der Waals surface area (Å²) in [5.74, 6) is -0.185. The van der Waals surface area contributed by atoms with E-state index in [-0.39, 0.29) is 34.9 Å². The van der Waals surface area contributed by atoms with Crippen molar-refractivity contribution in [2.24, 2.45) is 5.92 Å². The average molecular weight is 626 g/mol. The summed E-state index contributed by atoms with van der Waals surface area (Å²) in [6.07, 6.45) is 10.1. The van der Waals surface area contributed by atoms with Gasteiger partial charge < -0.3 is 15.7 Å². The number of benzene rings is 2. The molecule has 2 heterocycles. The van der Waals surface area contributed by atoms with Crippen molar-refractivity contribution in [2.45, 2.75) is 56.0 Å². The van der Waals surface area contributed by atoms with Crippen LogP contribution in [-0.2, 0) is 14.8 Å². The molecule has 0 saturated heterocycles. The molecule has 0 aliphatic heterocycles. The predicted octanol–water partition coefficient (Wildman–Crippen LogP) is 4.89. The standard InChI is InChI=1S/C34H35N5O5S/c1-20(2)17-37-45(43,44)31-15-26-29(39-34(42)23-4-3-13-35-18-23)16-30(38-32(41)12-7-21-5-10-24(40)11-6-21)33(26)27-19-36-28(14-25(27)31)22-8-9-22/h3-7,10-15,18-20,22,29-30,37,40H,8-9,16-17H2,1-2H3,(H,38,41)(H,39,42)/b12-7+. The van der Waals surface area contributed by atoms with Gasteiger partial charge in [0.05, 0.1) is 22.5 Å². The number of nitrogens with one attached hydrogen (secondary N) is 3. The summed E-state index contributed by atoms with van der Waals surface area (Å²) >= 11 is 0. The van der Waals surface area contributed by atoms with Crippen LogP contribution in [0.1, 0.15) is 83.9 Å². The van der Waals surface area contributed by atoms with Gasteiger partial charge in [-0.25, -0.2) is 13.1 Å². The zero-order valence-corrected chi connectivity index (χ0v) is 25.8. The number of sulfonamides is 1. The van der Waals surface area contributed by atoms with E-state index in [1.807, 2.05) is 19.9 Å². The number of aromatic nitrogens is 2.